The van der Waals surface area contributed by atoms with Gasteiger partial charge in [0.05, 0.1) is 0 Å². The molecule has 0 unspecified atom stereocenters. The van der Waals surface area contributed by atoms with Crippen LogP contribution in [0.3, 0.4) is 0 Å². The second kappa shape index (κ2) is 6.61. The number of aryl methyl sites for hydroxylation is 2. The Morgan fingerprint density at radius 1 is 0.833 bits per heavy atom. The Balaban J connectivity index is 2.12. The molecular formula is C14H20O4. The van der Waals surface area contributed by atoms with E-state index in [0.717, 1.165) is 43.6 Å². The normalized spacial score (nSPS) is 13.0. The van der Waals surface area contributed by atoms with Crippen LogP contribution >= 0.6 is 0 Å². The summed E-state index contributed by atoms with van der Waals surface area (Å²) < 4.78 is 10.8. The van der Waals surface area contributed by atoms with E-state index in [0.29, 0.717) is 0 Å². The lowest BCUT2D eigenvalue weighted by Gasteiger charge is -2.10. The van der Waals surface area contributed by atoms with Crippen LogP contribution in [0.25, 0.3) is 0 Å². The van der Waals surface area contributed by atoms with Crippen LogP contribution in [0.5, 0.6) is 11.5 Å². The molecule has 1 aromatic carbocycles. The Hall–Kier alpha value is -1.26. The Morgan fingerprint density at radius 2 is 1.39 bits per heavy atom. The van der Waals surface area contributed by atoms with Crippen LogP contribution in [-0.2, 0) is 12.8 Å². The van der Waals surface area contributed by atoms with Crippen LogP contribution in [0, 0.1) is 0 Å². The lowest BCUT2D eigenvalue weighted by molar-refractivity contribution is 0.174. The molecule has 2 rings (SSSR count). The maximum atomic E-state index is 8.94. The topological polar surface area (TPSA) is 58.9 Å². The molecule has 1 heterocycles. The standard InChI is InChI=1S/C14H20O4/c15-6-2-1-4-11-8-13-14(18-10-17-13)9-12(11)5-3-7-16/h8-9,15-16H,1-7,10H2. The maximum absolute atomic E-state index is 8.94. The minimum absolute atomic E-state index is 0.199. The van der Waals surface area contributed by atoms with E-state index in [4.69, 9.17) is 19.7 Å². The Bertz CT molecular complexity index is 390. The van der Waals surface area contributed by atoms with E-state index in [-0.39, 0.29) is 20.0 Å². The summed E-state index contributed by atoms with van der Waals surface area (Å²) >= 11 is 0. The number of fused-ring (bicyclic) bond motifs is 1. The molecule has 18 heavy (non-hydrogen) atoms. The first-order chi connectivity index (χ1) is 8.85. The summed E-state index contributed by atoms with van der Waals surface area (Å²) in [5, 5.41) is 17.8. The minimum Gasteiger partial charge on any atom is -0.454 e. The van der Waals surface area contributed by atoms with Crippen LogP contribution in [0.4, 0.5) is 0 Å². The molecule has 0 spiro atoms. The molecule has 0 aliphatic carbocycles. The lowest BCUT2D eigenvalue weighted by atomic mass is 9.97. The largest absolute Gasteiger partial charge is 0.454 e. The van der Waals surface area contributed by atoms with Gasteiger partial charge in [0.2, 0.25) is 6.79 Å². The van der Waals surface area contributed by atoms with E-state index in [1.807, 2.05) is 12.1 Å². The second-order valence-electron chi connectivity index (χ2n) is 4.48. The van der Waals surface area contributed by atoms with Gasteiger partial charge < -0.3 is 19.7 Å². The summed E-state index contributed by atoms with van der Waals surface area (Å²) in [4.78, 5) is 0. The first-order valence-electron chi connectivity index (χ1n) is 6.48. The van der Waals surface area contributed by atoms with Gasteiger partial charge in [-0.05, 0) is 55.4 Å². The zero-order chi connectivity index (χ0) is 12.8. The van der Waals surface area contributed by atoms with Crippen LogP contribution in [0.15, 0.2) is 12.1 Å². The number of unbranched alkanes of at least 4 members (excludes halogenated alkanes) is 1. The van der Waals surface area contributed by atoms with Crippen molar-refractivity contribution in [3.05, 3.63) is 23.3 Å². The van der Waals surface area contributed by atoms with E-state index in [2.05, 4.69) is 0 Å². The molecule has 1 aliphatic heterocycles. The van der Waals surface area contributed by atoms with Gasteiger partial charge in [0, 0.05) is 13.2 Å². The van der Waals surface area contributed by atoms with Crippen molar-refractivity contribution in [1.82, 2.24) is 0 Å². The maximum Gasteiger partial charge on any atom is 0.231 e. The fourth-order valence-corrected chi connectivity index (χ4v) is 2.19. The Labute approximate surface area is 107 Å². The molecule has 0 aromatic heterocycles. The molecule has 4 nitrogen and oxygen atoms in total. The predicted octanol–water partition coefficient (Wildman–Crippen LogP) is 1.66. The number of hydrogen-bond acceptors (Lipinski definition) is 4. The highest BCUT2D eigenvalue weighted by Gasteiger charge is 2.16. The minimum atomic E-state index is 0.199. The number of ether oxygens (including phenoxy) is 2. The van der Waals surface area contributed by atoms with E-state index >= 15 is 0 Å². The molecule has 0 atom stereocenters. The van der Waals surface area contributed by atoms with Gasteiger partial charge in [-0.2, -0.15) is 0 Å². The van der Waals surface area contributed by atoms with E-state index in [9.17, 15) is 0 Å². The highest BCUT2D eigenvalue weighted by atomic mass is 16.7. The summed E-state index contributed by atoms with van der Waals surface area (Å²) in [6, 6.07) is 4.05. The Morgan fingerprint density at radius 3 is 1.94 bits per heavy atom. The zero-order valence-corrected chi connectivity index (χ0v) is 10.5. The van der Waals surface area contributed by atoms with Crippen molar-refractivity contribution in [2.24, 2.45) is 0 Å². The highest BCUT2D eigenvalue weighted by Crippen LogP contribution is 2.35. The summed E-state index contributed by atoms with van der Waals surface area (Å²) in [6.07, 6.45) is 4.31. The molecule has 0 saturated heterocycles. The third-order valence-electron chi connectivity index (χ3n) is 3.15. The average molecular weight is 252 g/mol. The van der Waals surface area contributed by atoms with Crippen LogP contribution in [0.2, 0.25) is 0 Å². The molecule has 1 aromatic rings. The van der Waals surface area contributed by atoms with Gasteiger partial charge >= 0.3 is 0 Å². The van der Waals surface area contributed by atoms with Crippen molar-refractivity contribution < 1.29 is 19.7 Å². The van der Waals surface area contributed by atoms with E-state index in [1.165, 1.54) is 11.1 Å². The van der Waals surface area contributed by atoms with Gasteiger partial charge in [0.15, 0.2) is 11.5 Å². The number of hydrogen-bond donors (Lipinski definition) is 2. The SMILES string of the molecule is OCCCCc1cc2c(cc1CCCO)OCO2. The van der Waals surface area contributed by atoms with Crippen molar-refractivity contribution in [3.8, 4) is 11.5 Å². The lowest BCUT2D eigenvalue weighted by Crippen LogP contribution is -1.98. The number of aliphatic hydroxyl groups is 2. The number of aliphatic hydroxyl groups excluding tert-OH is 2. The first kappa shape index (κ1) is 13.2. The quantitative estimate of drug-likeness (QED) is 0.724. The molecular weight excluding hydrogens is 232 g/mol. The average Bonchev–Trinajstić information content (AvgIpc) is 2.83. The van der Waals surface area contributed by atoms with E-state index < -0.39 is 0 Å². The van der Waals surface area contributed by atoms with Crippen molar-refractivity contribution in [2.45, 2.75) is 32.1 Å². The highest BCUT2D eigenvalue weighted by molar-refractivity contribution is 5.48. The van der Waals surface area contributed by atoms with Gasteiger partial charge in [-0.3, -0.25) is 0 Å². The third kappa shape index (κ3) is 3.15. The summed E-state index contributed by atoms with van der Waals surface area (Å²) in [7, 11) is 0. The van der Waals surface area contributed by atoms with Gasteiger partial charge in [0.25, 0.3) is 0 Å². The number of benzene rings is 1. The third-order valence-corrected chi connectivity index (χ3v) is 3.15. The van der Waals surface area contributed by atoms with Crippen molar-refractivity contribution in [2.75, 3.05) is 20.0 Å². The van der Waals surface area contributed by atoms with Gasteiger partial charge in [-0.1, -0.05) is 0 Å². The zero-order valence-electron chi connectivity index (χ0n) is 10.5. The van der Waals surface area contributed by atoms with Crippen LogP contribution in [0.1, 0.15) is 30.4 Å². The molecule has 0 amide bonds. The van der Waals surface area contributed by atoms with Crippen LogP contribution < -0.4 is 9.47 Å². The fourth-order valence-electron chi connectivity index (χ4n) is 2.19. The molecule has 0 radical (unpaired) electrons. The van der Waals surface area contributed by atoms with Gasteiger partial charge in [-0.15, -0.1) is 0 Å². The molecule has 1 aliphatic rings. The second-order valence-corrected chi connectivity index (χ2v) is 4.48. The summed E-state index contributed by atoms with van der Waals surface area (Å²) in [5.74, 6) is 1.61. The number of rotatable bonds is 7. The molecule has 0 bridgehead atoms. The van der Waals surface area contributed by atoms with Crippen LogP contribution in [-0.4, -0.2) is 30.2 Å². The van der Waals surface area contributed by atoms with Gasteiger partial charge in [-0.25, -0.2) is 0 Å². The smallest absolute Gasteiger partial charge is 0.231 e. The van der Waals surface area contributed by atoms with Crippen molar-refractivity contribution in [1.29, 1.82) is 0 Å². The van der Waals surface area contributed by atoms with Crippen molar-refractivity contribution >= 4 is 0 Å². The summed E-state index contributed by atoms with van der Waals surface area (Å²) in [5.41, 5.74) is 2.45. The predicted molar refractivity (Wildman–Crippen MR) is 68.0 cm³/mol. The molecule has 0 fully saturated rings. The Kier molecular flexibility index (Phi) is 4.84. The first-order valence-corrected chi connectivity index (χ1v) is 6.48. The molecule has 100 valence electrons. The van der Waals surface area contributed by atoms with E-state index in [1.54, 1.807) is 0 Å². The molecule has 0 saturated carbocycles. The molecule has 4 heteroatoms. The molecule has 2 N–H and O–H groups in total. The fraction of sp³-hybridized carbons (Fsp3) is 0.571. The summed E-state index contributed by atoms with van der Waals surface area (Å²) in [6.45, 7) is 0.718. The van der Waals surface area contributed by atoms with Crippen molar-refractivity contribution in [3.63, 3.8) is 0 Å². The van der Waals surface area contributed by atoms with Gasteiger partial charge in [0.1, 0.15) is 0 Å². The monoisotopic (exact) mass is 252 g/mol.